The number of halogens is 2. The molecule has 0 atom stereocenters. The maximum atomic E-state index is 14.7. The number of carbonyl (C=O) groups excluding carboxylic acids is 1. The van der Waals surface area contributed by atoms with Gasteiger partial charge >= 0.3 is 5.97 Å². The van der Waals surface area contributed by atoms with Crippen LogP contribution in [0.1, 0.15) is 18.2 Å². The first-order valence-electron chi connectivity index (χ1n) is 9.52. The quantitative estimate of drug-likeness (QED) is 0.231. The van der Waals surface area contributed by atoms with E-state index in [4.69, 9.17) is 9.84 Å². The van der Waals surface area contributed by atoms with E-state index in [9.17, 15) is 13.6 Å². The smallest absolute Gasteiger partial charge is 0.303 e. The molecule has 2 aromatic carbocycles. The third kappa shape index (κ3) is 4.16. The lowest BCUT2D eigenvalue weighted by Crippen LogP contribution is -1.98. The third-order valence-electron chi connectivity index (χ3n) is 4.95. The van der Waals surface area contributed by atoms with Crippen LogP contribution < -0.4 is 0 Å². The van der Waals surface area contributed by atoms with Crippen LogP contribution in [0.5, 0.6) is 0 Å². The van der Waals surface area contributed by atoms with Crippen LogP contribution in [0.3, 0.4) is 0 Å². The van der Waals surface area contributed by atoms with Crippen LogP contribution in [-0.2, 0) is 9.53 Å². The summed E-state index contributed by atoms with van der Waals surface area (Å²) in [7, 11) is 0. The van der Waals surface area contributed by atoms with E-state index in [0.29, 0.717) is 16.9 Å². The number of hydrogen-bond donors (Lipinski definition) is 0. The van der Waals surface area contributed by atoms with Gasteiger partial charge in [-0.3, -0.25) is 4.79 Å². The van der Waals surface area contributed by atoms with Crippen LogP contribution in [-0.4, -0.2) is 26.5 Å². The van der Waals surface area contributed by atoms with Crippen LogP contribution >= 0.6 is 11.8 Å². The average molecular weight is 439 g/mol. The highest BCUT2D eigenvalue weighted by atomic mass is 32.2. The first-order chi connectivity index (χ1) is 14.8. The summed E-state index contributed by atoms with van der Waals surface area (Å²) in [4.78, 5) is 16.3. The van der Waals surface area contributed by atoms with Crippen molar-refractivity contribution in [1.29, 1.82) is 0 Å². The van der Waals surface area contributed by atoms with Crippen molar-refractivity contribution in [2.75, 3.05) is 5.94 Å². The van der Waals surface area contributed by atoms with Crippen molar-refractivity contribution in [3.05, 3.63) is 71.6 Å². The van der Waals surface area contributed by atoms with Gasteiger partial charge in [-0.15, -0.1) is 0 Å². The molecule has 0 amide bonds. The Balaban J connectivity index is 1.84. The van der Waals surface area contributed by atoms with Crippen molar-refractivity contribution in [2.45, 2.75) is 25.7 Å². The second-order valence-electron chi connectivity index (χ2n) is 7.03. The molecule has 0 aliphatic heterocycles. The van der Waals surface area contributed by atoms with E-state index < -0.39 is 11.6 Å². The molecular weight excluding hydrogens is 420 g/mol. The number of rotatable bonds is 5. The molecule has 4 aromatic rings. The van der Waals surface area contributed by atoms with E-state index in [2.05, 4.69) is 4.98 Å². The number of benzene rings is 2. The molecular formula is C23H19F2N3O2S. The Hall–Kier alpha value is -3.26. The highest BCUT2D eigenvalue weighted by molar-refractivity contribution is 7.99. The largest absolute Gasteiger partial charge is 0.454 e. The van der Waals surface area contributed by atoms with Gasteiger partial charge in [0.15, 0.2) is 5.65 Å². The van der Waals surface area contributed by atoms with E-state index in [1.807, 2.05) is 38.1 Å². The van der Waals surface area contributed by atoms with E-state index in [1.54, 1.807) is 10.7 Å². The lowest BCUT2D eigenvalue weighted by molar-refractivity contribution is -0.138. The van der Waals surface area contributed by atoms with Gasteiger partial charge in [-0.05, 0) is 43.7 Å². The second-order valence-corrected chi connectivity index (χ2v) is 8.03. The fourth-order valence-electron chi connectivity index (χ4n) is 3.21. The number of ether oxygens (including phenoxy) is 1. The molecule has 31 heavy (non-hydrogen) atoms. The van der Waals surface area contributed by atoms with Crippen molar-refractivity contribution < 1.29 is 18.3 Å². The standard InChI is InChI=1S/C23H19F2N3O2S/c1-13-11-26-23-21(19-9-6-17(24)10-20(19)25)22(27-28(23)14(13)2)16-4-7-18(8-5-16)31-12-30-15(3)29/h4-11H,12H2,1-3H3. The van der Waals surface area contributed by atoms with Crippen LogP contribution in [0.2, 0.25) is 0 Å². The minimum Gasteiger partial charge on any atom is -0.454 e. The molecule has 0 saturated heterocycles. The average Bonchev–Trinajstić information content (AvgIpc) is 3.11. The molecule has 0 aliphatic carbocycles. The van der Waals surface area contributed by atoms with E-state index >= 15 is 0 Å². The number of aromatic nitrogens is 3. The Morgan fingerprint density at radius 3 is 2.55 bits per heavy atom. The lowest BCUT2D eigenvalue weighted by Gasteiger charge is -2.07. The molecule has 0 saturated carbocycles. The van der Waals surface area contributed by atoms with Gasteiger partial charge in [-0.25, -0.2) is 18.3 Å². The zero-order valence-corrected chi connectivity index (χ0v) is 18.0. The van der Waals surface area contributed by atoms with Gasteiger partial charge < -0.3 is 4.74 Å². The summed E-state index contributed by atoms with van der Waals surface area (Å²) in [6, 6.07) is 11.0. The van der Waals surface area contributed by atoms with Gasteiger partial charge in [0.05, 0.1) is 5.56 Å². The summed E-state index contributed by atoms with van der Waals surface area (Å²) >= 11 is 1.38. The zero-order valence-electron chi connectivity index (χ0n) is 17.1. The van der Waals surface area contributed by atoms with E-state index in [-0.39, 0.29) is 17.5 Å². The summed E-state index contributed by atoms with van der Waals surface area (Å²) in [5, 5.41) is 4.72. The molecule has 4 rings (SSSR count). The van der Waals surface area contributed by atoms with Gasteiger partial charge in [-0.1, -0.05) is 23.9 Å². The first-order valence-corrected chi connectivity index (χ1v) is 10.5. The van der Waals surface area contributed by atoms with Crippen molar-refractivity contribution in [2.24, 2.45) is 0 Å². The lowest BCUT2D eigenvalue weighted by atomic mass is 10.0. The van der Waals surface area contributed by atoms with Gasteiger partial charge in [-0.2, -0.15) is 5.10 Å². The van der Waals surface area contributed by atoms with Crippen molar-refractivity contribution in [3.8, 4) is 22.4 Å². The molecule has 5 nitrogen and oxygen atoms in total. The Labute approximate surface area is 182 Å². The van der Waals surface area contributed by atoms with Gasteiger partial charge in [0, 0.05) is 40.9 Å². The van der Waals surface area contributed by atoms with Crippen molar-refractivity contribution in [1.82, 2.24) is 14.6 Å². The summed E-state index contributed by atoms with van der Waals surface area (Å²) in [6.45, 7) is 5.21. The van der Waals surface area contributed by atoms with Crippen LogP contribution in [0.15, 0.2) is 53.6 Å². The molecule has 0 aliphatic rings. The van der Waals surface area contributed by atoms with E-state index in [0.717, 1.165) is 27.8 Å². The molecule has 0 spiro atoms. The molecule has 0 radical (unpaired) electrons. The Morgan fingerprint density at radius 1 is 1.13 bits per heavy atom. The highest BCUT2D eigenvalue weighted by Gasteiger charge is 2.22. The first kappa shape index (κ1) is 21.0. The number of nitrogens with zero attached hydrogens (tertiary/aromatic N) is 3. The summed E-state index contributed by atoms with van der Waals surface area (Å²) < 4.78 is 34.9. The number of thioether (sulfide) groups is 1. The second kappa shape index (κ2) is 8.47. The van der Waals surface area contributed by atoms with Gasteiger partial charge in [0.25, 0.3) is 0 Å². The molecule has 8 heteroatoms. The Bertz CT molecular complexity index is 1290. The number of aryl methyl sites for hydroxylation is 2. The monoisotopic (exact) mass is 439 g/mol. The predicted octanol–water partition coefficient (Wildman–Crippen LogP) is 5.57. The molecule has 0 unspecified atom stereocenters. The van der Waals surface area contributed by atoms with Gasteiger partial charge in [0.2, 0.25) is 0 Å². The van der Waals surface area contributed by atoms with Crippen LogP contribution in [0, 0.1) is 25.5 Å². The molecule has 2 aromatic heterocycles. The number of hydrogen-bond acceptors (Lipinski definition) is 5. The molecule has 158 valence electrons. The van der Waals surface area contributed by atoms with Crippen molar-refractivity contribution >= 4 is 23.4 Å². The van der Waals surface area contributed by atoms with Crippen LogP contribution in [0.25, 0.3) is 28.0 Å². The Kier molecular flexibility index (Phi) is 5.73. The summed E-state index contributed by atoms with van der Waals surface area (Å²) in [6.07, 6.45) is 1.72. The number of esters is 1. The zero-order chi connectivity index (χ0) is 22.1. The van der Waals surface area contributed by atoms with Gasteiger partial charge in [0.1, 0.15) is 23.3 Å². The van der Waals surface area contributed by atoms with Crippen LogP contribution in [0.4, 0.5) is 8.78 Å². The molecule has 0 fully saturated rings. The molecule has 2 heterocycles. The van der Waals surface area contributed by atoms with E-state index in [1.165, 1.54) is 30.8 Å². The normalized spacial score (nSPS) is 11.1. The fraction of sp³-hybridized carbons (Fsp3) is 0.174. The summed E-state index contributed by atoms with van der Waals surface area (Å²) in [5.41, 5.74) is 4.37. The third-order valence-corrected chi connectivity index (χ3v) is 5.79. The molecule has 0 N–H and O–H groups in total. The van der Waals surface area contributed by atoms with Crippen molar-refractivity contribution in [3.63, 3.8) is 0 Å². The number of carbonyl (C=O) groups is 1. The Morgan fingerprint density at radius 2 is 1.87 bits per heavy atom. The fourth-order valence-corrected chi connectivity index (χ4v) is 3.90. The highest BCUT2D eigenvalue weighted by Crippen LogP contribution is 2.37. The SMILES string of the molecule is CC(=O)OCSc1ccc(-c2nn3c(C)c(C)cnc3c2-c2ccc(F)cc2F)cc1. The topological polar surface area (TPSA) is 56.5 Å². The predicted molar refractivity (Wildman–Crippen MR) is 116 cm³/mol. The minimum atomic E-state index is -0.676. The maximum Gasteiger partial charge on any atom is 0.303 e. The summed E-state index contributed by atoms with van der Waals surface area (Å²) in [5.74, 6) is -1.44. The maximum absolute atomic E-state index is 14.7. The minimum absolute atomic E-state index is 0.220. The number of fused-ring (bicyclic) bond motifs is 1. The molecule has 0 bridgehead atoms.